The lowest BCUT2D eigenvalue weighted by Gasteiger charge is -2.40. The SMILES string of the molecule is CCOCC1(COCC)CCC(c2c(CO)nc3n2CCC3)CC1. The van der Waals surface area contributed by atoms with Crippen LogP contribution in [-0.2, 0) is 29.0 Å². The van der Waals surface area contributed by atoms with Crippen LogP contribution < -0.4 is 0 Å². The van der Waals surface area contributed by atoms with E-state index >= 15 is 0 Å². The van der Waals surface area contributed by atoms with Crippen molar-refractivity contribution in [3.63, 3.8) is 0 Å². The standard InChI is InChI=1S/C19H32N2O3/c1-3-23-13-19(14-24-4-2)9-7-15(8-10-19)18-16(12-22)20-17-6-5-11-21(17)18/h15,22H,3-14H2,1-2H3. The van der Waals surface area contributed by atoms with Gasteiger partial charge in [0.2, 0.25) is 0 Å². The van der Waals surface area contributed by atoms with E-state index in [9.17, 15) is 5.11 Å². The van der Waals surface area contributed by atoms with Crippen LogP contribution in [-0.4, -0.2) is 41.1 Å². The molecular formula is C19H32N2O3. The van der Waals surface area contributed by atoms with Gasteiger partial charge in [-0.05, 0) is 46.0 Å². The molecule has 0 aromatic carbocycles. The summed E-state index contributed by atoms with van der Waals surface area (Å²) in [4.78, 5) is 4.68. The highest BCUT2D eigenvalue weighted by Crippen LogP contribution is 2.45. The van der Waals surface area contributed by atoms with Gasteiger partial charge in [0, 0.05) is 43.2 Å². The minimum Gasteiger partial charge on any atom is -0.390 e. The first-order valence-corrected chi connectivity index (χ1v) is 9.57. The summed E-state index contributed by atoms with van der Waals surface area (Å²) in [5, 5.41) is 9.73. The van der Waals surface area contributed by atoms with Crippen LogP contribution in [0.1, 0.15) is 69.1 Å². The monoisotopic (exact) mass is 336 g/mol. The second-order valence-corrected chi connectivity index (χ2v) is 7.32. The molecule has 24 heavy (non-hydrogen) atoms. The average molecular weight is 336 g/mol. The van der Waals surface area contributed by atoms with Gasteiger partial charge in [0.05, 0.1) is 25.5 Å². The molecule has 1 N–H and O–H groups in total. The first-order chi connectivity index (χ1) is 11.7. The van der Waals surface area contributed by atoms with Crippen molar-refractivity contribution in [1.29, 1.82) is 0 Å². The van der Waals surface area contributed by atoms with E-state index in [0.29, 0.717) is 5.92 Å². The zero-order valence-corrected chi connectivity index (χ0v) is 15.2. The Hall–Kier alpha value is -0.910. The Labute approximate surface area is 145 Å². The Morgan fingerprint density at radius 3 is 2.42 bits per heavy atom. The smallest absolute Gasteiger partial charge is 0.109 e. The molecule has 0 radical (unpaired) electrons. The lowest BCUT2D eigenvalue weighted by Crippen LogP contribution is -2.36. The van der Waals surface area contributed by atoms with E-state index < -0.39 is 0 Å². The highest BCUT2D eigenvalue weighted by molar-refractivity contribution is 5.24. The summed E-state index contributed by atoms with van der Waals surface area (Å²) >= 11 is 0. The van der Waals surface area contributed by atoms with Crippen LogP contribution in [0.5, 0.6) is 0 Å². The predicted molar refractivity (Wildman–Crippen MR) is 93.1 cm³/mol. The summed E-state index contributed by atoms with van der Waals surface area (Å²) in [5.74, 6) is 1.69. The molecular weight excluding hydrogens is 304 g/mol. The maximum Gasteiger partial charge on any atom is 0.109 e. The summed E-state index contributed by atoms with van der Waals surface area (Å²) in [6.45, 7) is 8.38. The van der Waals surface area contributed by atoms with Gasteiger partial charge in [-0.15, -0.1) is 0 Å². The van der Waals surface area contributed by atoms with Crippen LogP contribution >= 0.6 is 0 Å². The zero-order chi connectivity index (χ0) is 17.0. The molecule has 0 saturated heterocycles. The van der Waals surface area contributed by atoms with Crippen LogP contribution in [0.2, 0.25) is 0 Å². The summed E-state index contributed by atoms with van der Waals surface area (Å²) in [7, 11) is 0. The van der Waals surface area contributed by atoms with Gasteiger partial charge >= 0.3 is 0 Å². The topological polar surface area (TPSA) is 56.5 Å². The Morgan fingerprint density at radius 2 is 1.83 bits per heavy atom. The van der Waals surface area contributed by atoms with Crippen molar-refractivity contribution in [3.8, 4) is 0 Å². The number of aliphatic hydroxyl groups excluding tert-OH is 1. The van der Waals surface area contributed by atoms with Crippen LogP contribution in [0.25, 0.3) is 0 Å². The second-order valence-electron chi connectivity index (χ2n) is 7.32. The number of rotatable bonds is 8. The number of ether oxygens (including phenoxy) is 2. The molecule has 0 atom stereocenters. The Kier molecular flexibility index (Phi) is 5.95. The van der Waals surface area contributed by atoms with E-state index in [4.69, 9.17) is 9.47 Å². The molecule has 0 amide bonds. The van der Waals surface area contributed by atoms with Gasteiger partial charge in [-0.3, -0.25) is 0 Å². The van der Waals surface area contributed by atoms with Crippen molar-refractivity contribution in [3.05, 3.63) is 17.2 Å². The average Bonchev–Trinajstić information content (AvgIpc) is 3.19. The molecule has 1 fully saturated rings. The fraction of sp³-hybridized carbons (Fsp3) is 0.842. The Morgan fingerprint density at radius 1 is 1.17 bits per heavy atom. The Balaban J connectivity index is 1.71. The van der Waals surface area contributed by atoms with Crippen LogP contribution in [0, 0.1) is 5.41 Å². The first kappa shape index (κ1) is 17.9. The van der Waals surface area contributed by atoms with E-state index in [2.05, 4.69) is 23.4 Å². The quantitative estimate of drug-likeness (QED) is 0.793. The van der Waals surface area contributed by atoms with Gasteiger partial charge in [-0.1, -0.05) is 0 Å². The number of hydrogen-bond donors (Lipinski definition) is 1. The summed E-state index contributed by atoms with van der Waals surface area (Å²) in [6.07, 6.45) is 6.77. The van der Waals surface area contributed by atoms with Gasteiger partial charge in [-0.2, -0.15) is 0 Å². The van der Waals surface area contributed by atoms with E-state index in [1.54, 1.807) is 0 Å². The summed E-state index contributed by atoms with van der Waals surface area (Å²) in [5.41, 5.74) is 2.39. The third kappa shape index (κ3) is 3.53. The molecule has 1 saturated carbocycles. The van der Waals surface area contributed by atoms with Crippen molar-refractivity contribution in [2.45, 2.75) is 71.4 Å². The Bertz CT molecular complexity index is 523. The lowest BCUT2D eigenvalue weighted by atomic mass is 9.70. The third-order valence-electron chi connectivity index (χ3n) is 5.75. The maximum atomic E-state index is 9.73. The molecule has 1 aromatic rings. The van der Waals surface area contributed by atoms with Crippen molar-refractivity contribution >= 4 is 0 Å². The highest BCUT2D eigenvalue weighted by atomic mass is 16.5. The van der Waals surface area contributed by atoms with Crippen molar-refractivity contribution < 1.29 is 14.6 Å². The molecule has 0 unspecified atom stereocenters. The van der Waals surface area contributed by atoms with Gasteiger partial charge in [0.15, 0.2) is 0 Å². The van der Waals surface area contributed by atoms with Gasteiger partial charge in [0.1, 0.15) is 5.82 Å². The minimum absolute atomic E-state index is 0.0644. The number of nitrogens with zero attached hydrogens (tertiary/aromatic N) is 2. The van der Waals surface area contributed by atoms with Gasteiger partial charge in [0.25, 0.3) is 0 Å². The lowest BCUT2D eigenvalue weighted by molar-refractivity contribution is -0.0398. The van der Waals surface area contributed by atoms with Crippen LogP contribution in [0.3, 0.4) is 0 Å². The third-order valence-corrected chi connectivity index (χ3v) is 5.75. The molecule has 136 valence electrons. The van der Waals surface area contributed by atoms with Crippen LogP contribution in [0.4, 0.5) is 0 Å². The van der Waals surface area contributed by atoms with Crippen LogP contribution in [0.15, 0.2) is 0 Å². The van der Waals surface area contributed by atoms with Crippen molar-refractivity contribution in [2.75, 3.05) is 26.4 Å². The molecule has 5 heteroatoms. The van der Waals surface area contributed by atoms with Crippen molar-refractivity contribution in [2.24, 2.45) is 5.41 Å². The van der Waals surface area contributed by atoms with E-state index in [1.165, 1.54) is 17.9 Å². The molecule has 1 aromatic heterocycles. The fourth-order valence-corrected chi connectivity index (χ4v) is 4.45. The molecule has 2 aliphatic rings. The molecule has 5 nitrogen and oxygen atoms in total. The van der Waals surface area contributed by atoms with Gasteiger partial charge < -0.3 is 19.1 Å². The van der Waals surface area contributed by atoms with E-state index in [1.807, 2.05) is 0 Å². The minimum atomic E-state index is 0.0644. The number of fused-ring (bicyclic) bond motifs is 1. The largest absolute Gasteiger partial charge is 0.390 e. The number of aryl methyl sites for hydroxylation is 1. The van der Waals surface area contributed by atoms with Crippen molar-refractivity contribution in [1.82, 2.24) is 9.55 Å². The molecule has 3 rings (SSSR count). The number of hydrogen-bond acceptors (Lipinski definition) is 4. The maximum absolute atomic E-state index is 9.73. The fourth-order valence-electron chi connectivity index (χ4n) is 4.45. The number of aromatic nitrogens is 2. The summed E-state index contributed by atoms with van der Waals surface area (Å²) in [6, 6.07) is 0. The summed E-state index contributed by atoms with van der Waals surface area (Å²) < 4.78 is 13.9. The highest BCUT2D eigenvalue weighted by Gasteiger charge is 2.38. The second kappa shape index (κ2) is 7.98. The molecule has 0 spiro atoms. The molecule has 1 aliphatic carbocycles. The zero-order valence-electron chi connectivity index (χ0n) is 15.2. The number of imidazole rings is 1. The van der Waals surface area contributed by atoms with E-state index in [-0.39, 0.29) is 12.0 Å². The first-order valence-electron chi connectivity index (χ1n) is 9.57. The van der Waals surface area contributed by atoms with E-state index in [0.717, 1.165) is 70.8 Å². The predicted octanol–water partition coefficient (Wildman–Crippen LogP) is 3.04. The normalized spacial score (nSPS) is 20.5. The molecule has 2 heterocycles. The molecule has 1 aliphatic heterocycles. The number of aliphatic hydroxyl groups is 1. The molecule has 0 bridgehead atoms. The van der Waals surface area contributed by atoms with Gasteiger partial charge in [-0.25, -0.2) is 4.98 Å².